The van der Waals surface area contributed by atoms with E-state index in [9.17, 15) is 18.0 Å². The second kappa shape index (κ2) is 7.03. The van der Waals surface area contributed by atoms with Crippen molar-refractivity contribution in [1.29, 1.82) is 0 Å². The first-order valence-electron chi connectivity index (χ1n) is 8.26. The Hall–Kier alpha value is -2.15. The smallest absolute Gasteiger partial charge is 0.434 e. The van der Waals surface area contributed by atoms with Crippen LogP contribution in [0.3, 0.4) is 0 Å². The van der Waals surface area contributed by atoms with E-state index in [0.717, 1.165) is 4.40 Å². The summed E-state index contributed by atoms with van der Waals surface area (Å²) in [6, 6.07) is 2.77. The lowest BCUT2D eigenvalue weighted by Gasteiger charge is -2.25. The normalized spacial score (nSPS) is 15.0. The molecular formula is C17H14F3IN4O3. The first kappa shape index (κ1) is 19.2. The highest BCUT2D eigenvalue weighted by atomic mass is 127. The molecule has 0 radical (unpaired) electrons. The fourth-order valence-electron chi connectivity index (χ4n) is 3.01. The maximum Gasteiger partial charge on any atom is 0.434 e. The van der Waals surface area contributed by atoms with Crippen LogP contribution in [-0.2, 0) is 17.5 Å². The highest BCUT2D eigenvalue weighted by molar-refractivity contribution is 14.1. The molecule has 0 N–H and O–H groups in total. The molecule has 0 unspecified atom stereocenters. The molecule has 3 aromatic rings. The molecule has 0 aliphatic carbocycles. The molecule has 1 aliphatic rings. The number of halogens is 4. The van der Waals surface area contributed by atoms with Crippen LogP contribution in [0.2, 0.25) is 0 Å². The van der Waals surface area contributed by atoms with E-state index in [2.05, 4.69) is 10.1 Å². The Labute approximate surface area is 170 Å². The third kappa shape index (κ3) is 3.36. The van der Waals surface area contributed by atoms with Gasteiger partial charge in [0.1, 0.15) is 15.1 Å². The van der Waals surface area contributed by atoms with E-state index in [1.54, 1.807) is 4.68 Å². The highest BCUT2D eigenvalue weighted by Crippen LogP contribution is 2.36. The lowest BCUT2D eigenvalue weighted by molar-refractivity contribution is -0.140. The lowest BCUT2D eigenvalue weighted by atomic mass is 10.1. The van der Waals surface area contributed by atoms with Crippen LogP contribution in [0.5, 0.6) is 5.75 Å². The van der Waals surface area contributed by atoms with Crippen LogP contribution < -0.4 is 10.3 Å². The molecule has 11 heteroatoms. The second-order valence-electron chi connectivity index (χ2n) is 6.39. The van der Waals surface area contributed by atoms with Crippen molar-refractivity contribution in [2.75, 3.05) is 20.3 Å². The minimum Gasteiger partial charge on any atom is -0.497 e. The average Bonchev–Trinajstić information content (AvgIpc) is 2.97. The molecule has 0 atom stereocenters. The molecular weight excluding hydrogens is 492 g/mol. The number of nitrogens with zero attached hydrogens (tertiary/aromatic N) is 4. The Balaban J connectivity index is 1.92. The quantitative estimate of drug-likeness (QED) is 0.510. The van der Waals surface area contributed by atoms with Crippen LogP contribution >= 0.6 is 22.6 Å². The number of ether oxygens (including phenoxy) is 2. The summed E-state index contributed by atoms with van der Waals surface area (Å²) in [5, 5.41) is 4.27. The lowest BCUT2D eigenvalue weighted by Crippen LogP contribution is -2.31. The van der Waals surface area contributed by atoms with Crippen LogP contribution in [0.15, 0.2) is 29.3 Å². The topological polar surface area (TPSA) is 70.7 Å². The number of alkyl halides is 3. The summed E-state index contributed by atoms with van der Waals surface area (Å²) >= 11 is 1.83. The molecule has 0 aromatic carbocycles. The van der Waals surface area contributed by atoms with Gasteiger partial charge in [-0.15, -0.1) is 0 Å². The van der Waals surface area contributed by atoms with Crippen LogP contribution in [0.25, 0.3) is 16.8 Å². The van der Waals surface area contributed by atoms with E-state index >= 15 is 0 Å². The van der Waals surface area contributed by atoms with E-state index in [0.29, 0.717) is 29.2 Å². The molecule has 28 heavy (non-hydrogen) atoms. The molecule has 0 amide bonds. The van der Waals surface area contributed by atoms with Gasteiger partial charge in [-0.2, -0.15) is 18.3 Å². The first-order valence-corrected chi connectivity index (χ1v) is 9.34. The predicted molar refractivity (Wildman–Crippen MR) is 101 cm³/mol. The van der Waals surface area contributed by atoms with Crippen LogP contribution in [0.1, 0.15) is 5.69 Å². The third-order valence-electron chi connectivity index (χ3n) is 4.44. The van der Waals surface area contributed by atoms with Crippen molar-refractivity contribution < 1.29 is 22.6 Å². The summed E-state index contributed by atoms with van der Waals surface area (Å²) < 4.78 is 54.3. The number of methoxy groups -OCH3 is 1. The summed E-state index contributed by atoms with van der Waals surface area (Å²) in [5.74, 6) is 0.562. The van der Waals surface area contributed by atoms with Gasteiger partial charge in [0.05, 0.1) is 25.9 Å². The van der Waals surface area contributed by atoms with Crippen LogP contribution in [0, 0.1) is 9.62 Å². The SMILES string of the molecule is COc1ccn2c(=O)c(-c3cn(CC4COC4)nc3I)c(C(F)(F)F)nc2c1. The average molecular weight is 506 g/mol. The number of aromatic nitrogens is 4. The Bertz CT molecular complexity index is 1110. The maximum atomic E-state index is 13.7. The van der Waals surface area contributed by atoms with E-state index in [4.69, 9.17) is 9.47 Å². The molecule has 0 spiro atoms. The predicted octanol–water partition coefficient (Wildman–Crippen LogP) is 2.84. The first-order chi connectivity index (χ1) is 13.3. The van der Waals surface area contributed by atoms with E-state index in [1.165, 1.54) is 31.6 Å². The van der Waals surface area contributed by atoms with Crippen molar-refractivity contribution >= 4 is 28.2 Å². The molecule has 4 rings (SSSR count). The van der Waals surface area contributed by atoms with Crippen molar-refractivity contribution in [2.45, 2.75) is 12.7 Å². The Kier molecular flexibility index (Phi) is 4.81. The fraction of sp³-hybridized carbons (Fsp3) is 0.353. The monoisotopic (exact) mass is 506 g/mol. The maximum absolute atomic E-state index is 13.7. The summed E-state index contributed by atoms with van der Waals surface area (Å²) in [7, 11) is 1.38. The zero-order valence-electron chi connectivity index (χ0n) is 14.5. The van der Waals surface area contributed by atoms with Gasteiger partial charge in [0.15, 0.2) is 5.69 Å². The van der Waals surface area contributed by atoms with Gasteiger partial charge in [0, 0.05) is 36.5 Å². The molecule has 0 bridgehead atoms. The van der Waals surface area contributed by atoms with Crippen molar-refractivity contribution in [3.8, 4) is 16.9 Å². The van der Waals surface area contributed by atoms with Gasteiger partial charge in [-0.25, -0.2) is 4.98 Å². The van der Waals surface area contributed by atoms with Crippen molar-refractivity contribution in [1.82, 2.24) is 19.2 Å². The molecule has 4 heterocycles. The highest BCUT2D eigenvalue weighted by Gasteiger charge is 2.39. The van der Waals surface area contributed by atoms with Gasteiger partial charge < -0.3 is 9.47 Å². The Morgan fingerprint density at radius 2 is 2.14 bits per heavy atom. The minimum absolute atomic E-state index is 0.107. The van der Waals surface area contributed by atoms with Gasteiger partial charge in [0.25, 0.3) is 5.56 Å². The molecule has 0 saturated carbocycles. The van der Waals surface area contributed by atoms with E-state index in [-0.39, 0.29) is 17.1 Å². The van der Waals surface area contributed by atoms with Gasteiger partial charge in [-0.05, 0) is 28.7 Å². The standard InChI is InChI=1S/C17H14F3IN4O3/c1-27-10-2-3-25-12(4-10)22-14(17(18,19)20)13(16(25)26)11-6-24(23-15(11)21)5-9-7-28-8-9/h2-4,6,9H,5,7-8H2,1H3. The zero-order chi connectivity index (χ0) is 20.1. The molecule has 3 aromatic heterocycles. The number of hydrogen-bond donors (Lipinski definition) is 0. The van der Waals surface area contributed by atoms with Crippen molar-refractivity contribution in [3.63, 3.8) is 0 Å². The summed E-state index contributed by atoms with van der Waals surface area (Å²) in [5.41, 5.74) is -2.61. The molecule has 7 nitrogen and oxygen atoms in total. The Morgan fingerprint density at radius 3 is 2.75 bits per heavy atom. The number of pyridine rings is 1. The van der Waals surface area contributed by atoms with Crippen molar-refractivity contribution in [3.05, 3.63) is 44.3 Å². The van der Waals surface area contributed by atoms with Gasteiger partial charge in [-0.1, -0.05) is 0 Å². The van der Waals surface area contributed by atoms with Gasteiger partial charge in [-0.3, -0.25) is 13.9 Å². The van der Waals surface area contributed by atoms with Crippen LogP contribution in [-0.4, -0.2) is 39.5 Å². The second-order valence-corrected chi connectivity index (χ2v) is 7.41. The van der Waals surface area contributed by atoms with Crippen LogP contribution in [0.4, 0.5) is 13.2 Å². The molecule has 1 aliphatic heterocycles. The van der Waals surface area contributed by atoms with E-state index in [1.807, 2.05) is 22.6 Å². The number of hydrogen-bond acceptors (Lipinski definition) is 5. The van der Waals surface area contributed by atoms with Gasteiger partial charge in [0.2, 0.25) is 0 Å². The number of rotatable bonds is 4. The fourth-order valence-corrected chi connectivity index (χ4v) is 3.69. The minimum atomic E-state index is -4.81. The molecule has 148 valence electrons. The molecule has 1 saturated heterocycles. The third-order valence-corrected chi connectivity index (χ3v) is 5.24. The summed E-state index contributed by atoms with van der Waals surface area (Å²) in [6.45, 7) is 1.68. The Morgan fingerprint density at radius 1 is 1.39 bits per heavy atom. The summed E-state index contributed by atoms with van der Waals surface area (Å²) in [4.78, 5) is 16.7. The van der Waals surface area contributed by atoms with Crippen molar-refractivity contribution in [2.24, 2.45) is 5.92 Å². The summed E-state index contributed by atoms with van der Waals surface area (Å²) in [6.07, 6.45) is -2.00. The largest absolute Gasteiger partial charge is 0.497 e. The molecule has 1 fully saturated rings. The number of fused-ring (bicyclic) bond motifs is 1. The zero-order valence-corrected chi connectivity index (χ0v) is 16.7. The van der Waals surface area contributed by atoms with Gasteiger partial charge >= 0.3 is 6.18 Å². The van der Waals surface area contributed by atoms with E-state index < -0.39 is 23.0 Å².